The minimum atomic E-state index is 0.476. The lowest BCUT2D eigenvalue weighted by Crippen LogP contribution is -2.30. The number of aromatic nitrogens is 2. The average Bonchev–Trinajstić information content (AvgIpc) is 2.99. The summed E-state index contributed by atoms with van der Waals surface area (Å²) in [5, 5.41) is 10.1. The quantitative estimate of drug-likeness (QED) is 0.867. The standard InChI is InChI=1S/C14H21N3S/c1-4-11-8-13(17(3)16-11)9-12(15-2)10-14-6-5-7-18-14/h5-8,12,15H,4,9-10H2,1-3H3. The highest BCUT2D eigenvalue weighted by atomic mass is 32.1. The van der Waals surface area contributed by atoms with Gasteiger partial charge in [0.15, 0.2) is 0 Å². The molecule has 0 bridgehead atoms. The van der Waals surface area contributed by atoms with E-state index in [2.05, 4.69) is 40.9 Å². The second-order valence-electron chi connectivity index (χ2n) is 4.58. The van der Waals surface area contributed by atoms with E-state index in [1.54, 1.807) is 0 Å². The molecule has 0 aromatic carbocycles. The summed E-state index contributed by atoms with van der Waals surface area (Å²) in [5.41, 5.74) is 2.49. The summed E-state index contributed by atoms with van der Waals surface area (Å²) in [7, 11) is 4.07. The molecule has 1 atom stereocenters. The number of hydrogen-bond donors (Lipinski definition) is 1. The molecule has 2 aromatic heterocycles. The number of rotatable bonds is 6. The van der Waals surface area contributed by atoms with Gasteiger partial charge in [-0.3, -0.25) is 4.68 Å². The molecule has 0 saturated heterocycles. The van der Waals surface area contributed by atoms with Gasteiger partial charge in [-0.2, -0.15) is 5.10 Å². The first-order chi connectivity index (χ1) is 8.72. The first-order valence-electron chi connectivity index (χ1n) is 6.44. The number of likely N-dealkylation sites (N-methyl/N-ethyl adjacent to an activating group) is 1. The molecule has 2 rings (SSSR count). The minimum Gasteiger partial charge on any atom is -0.316 e. The molecule has 0 aliphatic heterocycles. The number of nitrogens with one attached hydrogen (secondary N) is 1. The fourth-order valence-corrected chi connectivity index (χ4v) is 2.92. The van der Waals surface area contributed by atoms with E-state index < -0.39 is 0 Å². The summed E-state index contributed by atoms with van der Waals surface area (Å²) in [6.45, 7) is 2.15. The minimum absolute atomic E-state index is 0.476. The first-order valence-corrected chi connectivity index (χ1v) is 7.32. The summed E-state index contributed by atoms with van der Waals surface area (Å²) in [6.07, 6.45) is 3.11. The second-order valence-corrected chi connectivity index (χ2v) is 5.61. The third-order valence-electron chi connectivity index (χ3n) is 3.28. The molecule has 0 aliphatic carbocycles. The van der Waals surface area contributed by atoms with Gasteiger partial charge in [0.05, 0.1) is 5.69 Å². The van der Waals surface area contributed by atoms with E-state index in [9.17, 15) is 0 Å². The van der Waals surface area contributed by atoms with Crippen molar-refractivity contribution >= 4 is 11.3 Å². The highest BCUT2D eigenvalue weighted by Gasteiger charge is 2.12. The van der Waals surface area contributed by atoms with Crippen LogP contribution in [0.25, 0.3) is 0 Å². The predicted molar refractivity (Wildman–Crippen MR) is 77.2 cm³/mol. The number of thiophene rings is 1. The van der Waals surface area contributed by atoms with E-state index >= 15 is 0 Å². The van der Waals surface area contributed by atoms with Gasteiger partial charge in [-0.1, -0.05) is 13.0 Å². The molecule has 4 heteroatoms. The Labute approximate surface area is 113 Å². The van der Waals surface area contributed by atoms with Gasteiger partial charge in [0.2, 0.25) is 0 Å². The molecule has 0 radical (unpaired) electrons. The first kappa shape index (κ1) is 13.3. The highest BCUT2D eigenvalue weighted by molar-refractivity contribution is 7.09. The predicted octanol–water partition coefficient (Wildman–Crippen LogP) is 2.42. The van der Waals surface area contributed by atoms with Crippen LogP contribution in [0.4, 0.5) is 0 Å². The Morgan fingerprint density at radius 2 is 2.28 bits per heavy atom. The van der Waals surface area contributed by atoms with Crippen LogP contribution < -0.4 is 5.32 Å². The van der Waals surface area contributed by atoms with Crippen molar-refractivity contribution in [3.63, 3.8) is 0 Å². The van der Waals surface area contributed by atoms with E-state index in [4.69, 9.17) is 0 Å². The molecule has 0 saturated carbocycles. The van der Waals surface area contributed by atoms with E-state index in [-0.39, 0.29) is 0 Å². The summed E-state index contributed by atoms with van der Waals surface area (Å²) in [6, 6.07) is 7.02. The van der Waals surface area contributed by atoms with Crippen LogP contribution in [0.5, 0.6) is 0 Å². The Kier molecular flexibility index (Phi) is 4.55. The van der Waals surface area contributed by atoms with Crippen molar-refractivity contribution < 1.29 is 0 Å². The Hall–Kier alpha value is -1.13. The van der Waals surface area contributed by atoms with Gasteiger partial charge in [-0.05, 0) is 37.4 Å². The van der Waals surface area contributed by atoms with Crippen LogP contribution in [0, 0.1) is 0 Å². The SMILES string of the molecule is CCc1cc(CC(Cc2cccs2)NC)n(C)n1. The smallest absolute Gasteiger partial charge is 0.0624 e. The van der Waals surface area contributed by atoms with Crippen molar-refractivity contribution in [1.29, 1.82) is 0 Å². The van der Waals surface area contributed by atoms with Crippen LogP contribution in [0.1, 0.15) is 23.2 Å². The fourth-order valence-electron chi connectivity index (χ4n) is 2.14. The molecule has 2 heterocycles. The van der Waals surface area contributed by atoms with E-state index in [0.29, 0.717) is 6.04 Å². The van der Waals surface area contributed by atoms with Gasteiger partial charge in [0.1, 0.15) is 0 Å². The Balaban J connectivity index is 2.03. The molecule has 98 valence electrons. The zero-order valence-corrected chi connectivity index (χ0v) is 12.1. The summed E-state index contributed by atoms with van der Waals surface area (Å²) >= 11 is 1.83. The van der Waals surface area contributed by atoms with Crippen LogP contribution in [-0.4, -0.2) is 22.9 Å². The highest BCUT2D eigenvalue weighted by Crippen LogP contribution is 2.14. The molecule has 0 spiro atoms. The molecule has 0 fully saturated rings. The van der Waals surface area contributed by atoms with Crippen LogP contribution in [-0.2, 0) is 26.3 Å². The zero-order chi connectivity index (χ0) is 13.0. The zero-order valence-electron chi connectivity index (χ0n) is 11.3. The van der Waals surface area contributed by atoms with Crippen LogP contribution >= 0.6 is 11.3 Å². The normalized spacial score (nSPS) is 12.8. The molecular weight excluding hydrogens is 242 g/mol. The van der Waals surface area contributed by atoms with Crippen molar-refractivity contribution in [1.82, 2.24) is 15.1 Å². The Morgan fingerprint density at radius 1 is 1.44 bits per heavy atom. The third-order valence-corrected chi connectivity index (χ3v) is 4.18. The lowest BCUT2D eigenvalue weighted by Gasteiger charge is -2.15. The largest absolute Gasteiger partial charge is 0.316 e. The Morgan fingerprint density at radius 3 is 2.83 bits per heavy atom. The maximum atomic E-state index is 4.51. The monoisotopic (exact) mass is 263 g/mol. The van der Waals surface area contributed by atoms with Crippen molar-refractivity contribution in [3.8, 4) is 0 Å². The lowest BCUT2D eigenvalue weighted by atomic mass is 10.1. The van der Waals surface area contributed by atoms with Gasteiger partial charge in [-0.25, -0.2) is 0 Å². The van der Waals surface area contributed by atoms with Gasteiger partial charge >= 0.3 is 0 Å². The van der Waals surface area contributed by atoms with Gasteiger partial charge in [0, 0.05) is 30.1 Å². The van der Waals surface area contributed by atoms with Crippen molar-refractivity contribution in [3.05, 3.63) is 39.8 Å². The number of hydrogen-bond acceptors (Lipinski definition) is 3. The van der Waals surface area contributed by atoms with Crippen LogP contribution in [0.3, 0.4) is 0 Å². The van der Waals surface area contributed by atoms with E-state index in [1.165, 1.54) is 16.3 Å². The summed E-state index contributed by atoms with van der Waals surface area (Å²) in [4.78, 5) is 1.44. The molecule has 0 aliphatic rings. The molecule has 18 heavy (non-hydrogen) atoms. The molecule has 2 aromatic rings. The van der Waals surface area contributed by atoms with Crippen molar-refractivity contribution in [2.75, 3.05) is 7.05 Å². The second kappa shape index (κ2) is 6.16. The maximum Gasteiger partial charge on any atom is 0.0624 e. The van der Waals surface area contributed by atoms with Crippen LogP contribution in [0.15, 0.2) is 23.6 Å². The molecule has 1 unspecified atom stereocenters. The van der Waals surface area contributed by atoms with Gasteiger partial charge in [-0.15, -0.1) is 11.3 Å². The molecule has 3 nitrogen and oxygen atoms in total. The molecule has 1 N–H and O–H groups in total. The van der Waals surface area contributed by atoms with E-state index in [0.717, 1.165) is 19.3 Å². The average molecular weight is 263 g/mol. The van der Waals surface area contributed by atoms with Gasteiger partial charge < -0.3 is 5.32 Å². The molecule has 0 amide bonds. The topological polar surface area (TPSA) is 29.9 Å². The van der Waals surface area contributed by atoms with E-state index in [1.807, 2.05) is 30.1 Å². The van der Waals surface area contributed by atoms with Gasteiger partial charge in [0.25, 0.3) is 0 Å². The Bertz CT molecular complexity index is 473. The van der Waals surface area contributed by atoms with Crippen molar-refractivity contribution in [2.45, 2.75) is 32.2 Å². The van der Waals surface area contributed by atoms with Crippen LogP contribution in [0.2, 0.25) is 0 Å². The summed E-state index contributed by atoms with van der Waals surface area (Å²) < 4.78 is 2.01. The third kappa shape index (κ3) is 3.21. The summed E-state index contributed by atoms with van der Waals surface area (Å²) in [5.74, 6) is 0. The number of nitrogens with zero attached hydrogens (tertiary/aromatic N) is 2. The molecular formula is C14H21N3S. The maximum absolute atomic E-state index is 4.51. The van der Waals surface area contributed by atoms with Crippen molar-refractivity contribution in [2.24, 2.45) is 7.05 Å². The fraction of sp³-hybridized carbons (Fsp3) is 0.500. The lowest BCUT2D eigenvalue weighted by molar-refractivity contribution is 0.536. The number of aryl methyl sites for hydroxylation is 2.